The number of benzene rings is 5. The van der Waals surface area contributed by atoms with Gasteiger partial charge in [-0.2, -0.15) is 0 Å². The fourth-order valence-corrected chi connectivity index (χ4v) is 7.28. The molecule has 9 rings (SSSR count). The standard InChI is InChI=1S/C40H26N4O2/c1-43-33-21-32-34(44(2)38-28(16-6-18-30(38)40(32)46)26-14-4-10-24-12-8-20-42-36(24)26)22-31(33)39(45)29-17-5-15-27(37(29)43)25-13-3-9-23-11-7-19-41-35(23)25/h3-22H,1-2H3. The molecule has 0 amide bonds. The molecule has 0 aliphatic heterocycles. The van der Waals surface area contributed by atoms with E-state index in [9.17, 15) is 9.59 Å². The number of hydrogen-bond acceptors (Lipinski definition) is 4. The summed E-state index contributed by atoms with van der Waals surface area (Å²) >= 11 is 0. The van der Waals surface area contributed by atoms with Crippen molar-refractivity contribution in [2.75, 3.05) is 0 Å². The molecule has 9 aromatic rings. The van der Waals surface area contributed by atoms with E-state index in [0.717, 1.165) is 55.1 Å². The third-order valence-corrected chi connectivity index (χ3v) is 9.40. The minimum absolute atomic E-state index is 0.0702. The monoisotopic (exact) mass is 594 g/mol. The van der Waals surface area contributed by atoms with E-state index in [1.807, 2.05) is 132 Å². The largest absolute Gasteiger partial charge is 0.343 e. The van der Waals surface area contributed by atoms with Crippen molar-refractivity contribution in [1.29, 1.82) is 0 Å². The molecule has 0 unspecified atom stereocenters. The summed E-state index contributed by atoms with van der Waals surface area (Å²) in [7, 11) is 3.93. The molecule has 0 aliphatic rings. The first-order chi connectivity index (χ1) is 22.5. The molecule has 0 radical (unpaired) electrons. The molecule has 0 fully saturated rings. The maximum atomic E-state index is 14.3. The van der Waals surface area contributed by atoms with Crippen LogP contribution >= 0.6 is 0 Å². The molecule has 0 N–H and O–H groups in total. The van der Waals surface area contributed by atoms with Crippen LogP contribution in [0.1, 0.15) is 0 Å². The van der Waals surface area contributed by atoms with Gasteiger partial charge in [-0.25, -0.2) is 0 Å². The molecule has 46 heavy (non-hydrogen) atoms. The zero-order valence-electron chi connectivity index (χ0n) is 25.2. The lowest BCUT2D eigenvalue weighted by Crippen LogP contribution is -2.14. The number of fused-ring (bicyclic) bond motifs is 6. The van der Waals surface area contributed by atoms with Crippen molar-refractivity contribution in [1.82, 2.24) is 19.1 Å². The van der Waals surface area contributed by atoms with E-state index >= 15 is 0 Å². The van der Waals surface area contributed by atoms with Gasteiger partial charge in [0.15, 0.2) is 10.9 Å². The van der Waals surface area contributed by atoms with Gasteiger partial charge in [-0.05, 0) is 36.4 Å². The Labute approximate surface area is 262 Å². The van der Waals surface area contributed by atoms with Crippen molar-refractivity contribution in [3.8, 4) is 22.3 Å². The van der Waals surface area contributed by atoms with Gasteiger partial charge in [0.25, 0.3) is 0 Å². The summed E-state index contributed by atoms with van der Waals surface area (Å²) in [5.41, 5.74) is 8.38. The summed E-state index contributed by atoms with van der Waals surface area (Å²) < 4.78 is 4.09. The van der Waals surface area contributed by atoms with Crippen molar-refractivity contribution in [2.45, 2.75) is 0 Å². The second-order valence-electron chi connectivity index (χ2n) is 11.8. The Hall–Kier alpha value is -6.14. The van der Waals surface area contributed by atoms with E-state index in [0.29, 0.717) is 32.6 Å². The molecule has 6 heteroatoms. The minimum Gasteiger partial charge on any atom is -0.343 e. The van der Waals surface area contributed by atoms with Crippen molar-refractivity contribution in [2.24, 2.45) is 14.1 Å². The van der Waals surface area contributed by atoms with E-state index in [1.54, 1.807) is 12.4 Å². The SMILES string of the molecule is Cn1c2cc3c(=O)c4cccc(-c5cccc6cccnc56)c4n(C)c3cc2c(=O)c2cccc(-c3cccc4cccnc34)c21. The van der Waals surface area contributed by atoms with E-state index in [-0.39, 0.29) is 10.9 Å². The average Bonchev–Trinajstić information content (AvgIpc) is 3.11. The lowest BCUT2D eigenvalue weighted by Gasteiger charge is -2.18. The highest BCUT2D eigenvalue weighted by atomic mass is 16.1. The Morgan fingerprint density at radius 2 is 0.848 bits per heavy atom. The second-order valence-corrected chi connectivity index (χ2v) is 11.8. The van der Waals surface area contributed by atoms with E-state index < -0.39 is 0 Å². The number of pyridine rings is 4. The van der Waals surface area contributed by atoms with Crippen LogP contribution in [0.5, 0.6) is 0 Å². The van der Waals surface area contributed by atoms with Gasteiger partial charge in [-0.1, -0.05) is 72.8 Å². The first-order valence-corrected chi connectivity index (χ1v) is 15.2. The third kappa shape index (κ3) is 3.58. The second kappa shape index (κ2) is 9.68. The topological polar surface area (TPSA) is 69.8 Å². The molecule has 4 aromatic heterocycles. The van der Waals surface area contributed by atoms with Crippen LogP contribution in [0.2, 0.25) is 0 Å². The molecular formula is C40H26N4O2. The molecule has 218 valence electrons. The van der Waals surface area contributed by atoms with E-state index in [2.05, 4.69) is 9.97 Å². The molecule has 0 bridgehead atoms. The van der Waals surface area contributed by atoms with Crippen LogP contribution in [0.15, 0.2) is 131 Å². The van der Waals surface area contributed by atoms with Gasteiger partial charge >= 0.3 is 0 Å². The number of para-hydroxylation sites is 4. The Bertz CT molecular complexity index is 2670. The molecule has 0 spiro atoms. The quantitative estimate of drug-likeness (QED) is 0.190. The minimum atomic E-state index is -0.0702. The Balaban J connectivity index is 1.39. The summed E-state index contributed by atoms with van der Waals surface area (Å²) in [5, 5.41) is 4.43. The Morgan fingerprint density at radius 3 is 1.30 bits per heavy atom. The first-order valence-electron chi connectivity index (χ1n) is 15.2. The van der Waals surface area contributed by atoms with Gasteiger partial charge in [0.2, 0.25) is 0 Å². The molecule has 0 saturated carbocycles. The van der Waals surface area contributed by atoms with Crippen LogP contribution in [0.4, 0.5) is 0 Å². The molecule has 0 aliphatic carbocycles. The summed E-state index contributed by atoms with van der Waals surface area (Å²) in [4.78, 5) is 38.0. The summed E-state index contributed by atoms with van der Waals surface area (Å²) in [5.74, 6) is 0. The van der Waals surface area contributed by atoms with Crippen LogP contribution in [0.25, 0.3) is 87.7 Å². The van der Waals surface area contributed by atoms with Gasteiger partial charge < -0.3 is 9.13 Å². The van der Waals surface area contributed by atoms with Gasteiger partial charge in [0.05, 0.1) is 33.1 Å². The zero-order chi connectivity index (χ0) is 31.1. The van der Waals surface area contributed by atoms with Crippen LogP contribution in [0.3, 0.4) is 0 Å². The highest BCUT2D eigenvalue weighted by molar-refractivity contribution is 6.10. The maximum absolute atomic E-state index is 14.3. The summed E-state index contributed by atoms with van der Waals surface area (Å²) in [6.45, 7) is 0. The maximum Gasteiger partial charge on any atom is 0.197 e. The smallest absolute Gasteiger partial charge is 0.197 e. The Kier molecular flexibility index (Phi) is 5.53. The van der Waals surface area contributed by atoms with Crippen LogP contribution in [-0.2, 0) is 14.1 Å². The van der Waals surface area contributed by atoms with Crippen molar-refractivity contribution in [3.63, 3.8) is 0 Å². The van der Waals surface area contributed by atoms with Gasteiger partial charge in [0, 0.05) is 81.1 Å². The molecule has 4 heterocycles. The van der Waals surface area contributed by atoms with Gasteiger partial charge in [-0.3, -0.25) is 19.6 Å². The number of aryl methyl sites for hydroxylation is 2. The van der Waals surface area contributed by atoms with E-state index in [1.165, 1.54) is 0 Å². The molecular weight excluding hydrogens is 568 g/mol. The number of hydrogen-bond donors (Lipinski definition) is 0. The lowest BCUT2D eigenvalue weighted by molar-refractivity contribution is 0.995. The fourth-order valence-electron chi connectivity index (χ4n) is 7.28. The molecule has 6 nitrogen and oxygen atoms in total. The highest BCUT2D eigenvalue weighted by Crippen LogP contribution is 2.36. The molecule has 5 aromatic carbocycles. The predicted octanol–water partition coefficient (Wildman–Crippen LogP) is 8.13. The average molecular weight is 595 g/mol. The zero-order valence-corrected chi connectivity index (χ0v) is 25.2. The number of nitrogens with zero attached hydrogens (tertiary/aromatic N) is 4. The summed E-state index contributed by atoms with van der Waals surface area (Å²) in [6, 6.07) is 35.6. The summed E-state index contributed by atoms with van der Waals surface area (Å²) in [6.07, 6.45) is 3.58. The lowest BCUT2D eigenvalue weighted by atomic mass is 9.96. The number of rotatable bonds is 2. The third-order valence-electron chi connectivity index (χ3n) is 9.40. The van der Waals surface area contributed by atoms with Crippen molar-refractivity contribution in [3.05, 3.63) is 142 Å². The Morgan fingerprint density at radius 1 is 0.457 bits per heavy atom. The van der Waals surface area contributed by atoms with Crippen LogP contribution in [0, 0.1) is 0 Å². The predicted molar refractivity (Wildman–Crippen MR) is 188 cm³/mol. The fraction of sp³-hybridized carbons (Fsp3) is 0.0500. The normalized spacial score (nSPS) is 11.9. The van der Waals surface area contributed by atoms with Crippen molar-refractivity contribution < 1.29 is 0 Å². The number of aromatic nitrogens is 4. The van der Waals surface area contributed by atoms with Crippen LogP contribution < -0.4 is 10.9 Å². The molecule has 0 atom stereocenters. The van der Waals surface area contributed by atoms with Gasteiger partial charge in [-0.15, -0.1) is 0 Å². The van der Waals surface area contributed by atoms with Gasteiger partial charge in [0.1, 0.15) is 0 Å². The van der Waals surface area contributed by atoms with Crippen LogP contribution in [-0.4, -0.2) is 19.1 Å². The first kappa shape index (κ1) is 26.3. The highest BCUT2D eigenvalue weighted by Gasteiger charge is 2.19. The van der Waals surface area contributed by atoms with Crippen molar-refractivity contribution >= 4 is 65.4 Å². The van der Waals surface area contributed by atoms with E-state index in [4.69, 9.17) is 0 Å². The molecule has 0 saturated heterocycles.